The van der Waals surface area contributed by atoms with E-state index in [4.69, 9.17) is 16.3 Å². The monoisotopic (exact) mass is 600 g/mol. The Morgan fingerprint density at radius 3 is 2.61 bits per heavy atom. The van der Waals surface area contributed by atoms with E-state index in [1.807, 2.05) is 32.0 Å². The summed E-state index contributed by atoms with van der Waals surface area (Å²) in [6.45, 7) is 7.72. The molecule has 3 heterocycles. The number of aryl methyl sites for hydroxylation is 2. The summed E-state index contributed by atoms with van der Waals surface area (Å²) in [4.78, 5) is 54.1. The van der Waals surface area contributed by atoms with Gasteiger partial charge >= 0.3 is 5.97 Å². The van der Waals surface area contributed by atoms with Crippen LogP contribution in [0, 0.1) is 13.8 Å². The Kier molecular flexibility index (Phi) is 10.4. The van der Waals surface area contributed by atoms with Crippen LogP contribution >= 0.6 is 22.9 Å². The number of esters is 1. The number of carbonyl (C=O) groups is 3. The third-order valence-corrected chi connectivity index (χ3v) is 7.68. The van der Waals surface area contributed by atoms with Crippen molar-refractivity contribution in [2.75, 3.05) is 61.9 Å². The fraction of sp³-hybridized carbons (Fsp3) is 0.407. The summed E-state index contributed by atoms with van der Waals surface area (Å²) in [5.74, 6) is 1.15. The fourth-order valence-corrected chi connectivity index (χ4v) is 5.18. The first-order chi connectivity index (χ1) is 19.7. The van der Waals surface area contributed by atoms with Crippen LogP contribution in [0.4, 0.5) is 22.5 Å². The smallest absolute Gasteiger partial charge is 0.306 e. The minimum Gasteiger partial charge on any atom is -0.464 e. The van der Waals surface area contributed by atoms with E-state index >= 15 is 0 Å². The van der Waals surface area contributed by atoms with Gasteiger partial charge in [-0.05, 0) is 25.5 Å². The van der Waals surface area contributed by atoms with Gasteiger partial charge in [-0.1, -0.05) is 35.1 Å². The molecule has 3 aromatic rings. The largest absolute Gasteiger partial charge is 0.464 e. The van der Waals surface area contributed by atoms with Crippen LogP contribution in [0.1, 0.15) is 33.9 Å². The Balaban J connectivity index is 1.28. The number of rotatable bonds is 11. The summed E-state index contributed by atoms with van der Waals surface area (Å²) in [7, 11) is 1.54. The van der Waals surface area contributed by atoms with Crippen molar-refractivity contribution >= 4 is 63.2 Å². The number of ether oxygens (including phenoxy) is 1. The summed E-state index contributed by atoms with van der Waals surface area (Å²) >= 11 is 7.46. The lowest BCUT2D eigenvalue weighted by atomic mass is 10.2. The van der Waals surface area contributed by atoms with Crippen molar-refractivity contribution in [3.8, 4) is 0 Å². The van der Waals surface area contributed by atoms with Gasteiger partial charge in [0, 0.05) is 52.3 Å². The molecule has 12 nitrogen and oxygen atoms in total. The molecule has 1 fully saturated rings. The zero-order valence-electron chi connectivity index (χ0n) is 23.2. The van der Waals surface area contributed by atoms with Gasteiger partial charge in [0.1, 0.15) is 28.9 Å². The molecule has 1 saturated heterocycles. The summed E-state index contributed by atoms with van der Waals surface area (Å²) in [6.07, 6.45) is 1.72. The van der Waals surface area contributed by atoms with Gasteiger partial charge < -0.3 is 25.6 Å². The van der Waals surface area contributed by atoms with Crippen molar-refractivity contribution in [1.29, 1.82) is 0 Å². The number of carbonyl (C=O) groups excluding carboxylic acids is 3. The lowest BCUT2D eigenvalue weighted by Gasteiger charge is -2.35. The van der Waals surface area contributed by atoms with Crippen molar-refractivity contribution in [1.82, 2.24) is 25.2 Å². The molecule has 2 amide bonds. The predicted molar refractivity (Wildman–Crippen MR) is 159 cm³/mol. The second-order valence-corrected chi connectivity index (χ2v) is 10.9. The van der Waals surface area contributed by atoms with Crippen molar-refractivity contribution in [2.24, 2.45) is 0 Å². The van der Waals surface area contributed by atoms with Crippen molar-refractivity contribution < 1.29 is 19.1 Å². The maximum Gasteiger partial charge on any atom is 0.306 e. The number of hydrogen-bond acceptors (Lipinski definition) is 11. The van der Waals surface area contributed by atoms with Gasteiger partial charge in [0.25, 0.3) is 5.91 Å². The molecule has 0 saturated carbocycles. The van der Waals surface area contributed by atoms with Crippen LogP contribution in [-0.2, 0) is 14.3 Å². The molecule has 0 bridgehead atoms. The predicted octanol–water partition coefficient (Wildman–Crippen LogP) is 3.39. The quantitative estimate of drug-likeness (QED) is 0.280. The highest BCUT2D eigenvalue weighted by atomic mass is 35.5. The Hall–Kier alpha value is -3.81. The minimum atomic E-state index is -0.368. The van der Waals surface area contributed by atoms with E-state index in [0.29, 0.717) is 45.5 Å². The highest BCUT2D eigenvalue weighted by molar-refractivity contribution is 7.17. The molecule has 3 N–H and O–H groups in total. The number of nitrogens with zero attached hydrogens (tertiary/aromatic N) is 5. The summed E-state index contributed by atoms with van der Waals surface area (Å²) in [5.41, 5.74) is 1.45. The second kappa shape index (κ2) is 14.2. The van der Waals surface area contributed by atoms with Crippen LogP contribution in [0.2, 0.25) is 5.02 Å². The maximum absolute atomic E-state index is 12.8. The molecule has 14 heteroatoms. The molecule has 218 valence electrons. The molecule has 1 aromatic carbocycles. The molecule has 41 heavy (non-hydrogen) atoms. The third kappa shape index (κ3) is 8.59. The van der Waals surface area contributed by atoms with Gasteiger partial charge in [-0.2, -0.15) is 0 Å². The average molecular weight is 601 g/mol. The van der Waals surface area contributed by atoms with Crippen LogP contribution in [0.5, 0.6) is 0 Å². The van der Waals surface area contributed by atoms with Crippen LogP contribution in [0.25, 0.3) is 0 Å². The summed E-state index contributed by atoms with van der Waals surface area (Å²) in [6, 6.07) is 7.31. The van der Waals surface area contributed by atoms with E-state index in [1.165, 1.54) is 24.6 Å². The fourth-order valence-electron chi connectivity index (χ4n) is 4.19. The van der Waals surface area contributed by atoms with Gasteiger partial charge in [-0.15, -0.1) is 0 Å². The van der Waals surface area contributed by atoms with Gasteiger partial charge in [0.05, 0.1) is 23.3 Å². The number of para-hydroxylation sites is 1. The van der Waals surface area contributed by atoms with E-state index in [0.717, 1.165) is 37.6 Å². The van der Waals surface area contributed by atoms with Crippen LogP contribution in [0.3, 0.4) is 0 Å². The number of nitrogens with one attached hydrogen (secondary N) is 3. The van der Waals surface area contributed by atoms with E-state index in [1.54, 1.807) is 6.07 Å². The molecular formula is C27H33ClN8O4S. The first kappa shape index (κ1) is 30.2. The number of amides is 2. The molecule has 2 aromatic heterocycles. The highest BCUT2D eigenvalue weighted by Crippen LogP contribution is 2.28. The minimum absolute atomic E-state index is 0.0780. The van der Waals surface area contributed by atoms with Crippen LogP contribution in [-0.4, -0.2) is 84.0 Å². The zero-order chi connectivity index (χ0) is 29.4. The van der Waals surface area contributed by atoms with Crippen LogP contribution in [0.15, 0.2) is 30.5 Å². The van der Waals surface area contributed by atoms with Gasteiger partial charge in [0.2, 0.25) is 5.91 Å². The highest BCUT2D eigenvalue weighted by Gasteiger charge is 2.20. The van der Waals surface area contributed by atoms with Crippen LogP contribution < -0.4 is 20.9 Å². The molecule has 0 aliphatic carbocycles. The normalized spacial score (nSPS) is 13.5. The number of aromatic nitrogens is 3. The lowest BCUT2D eigenvalue weighted by molar-refractivity contribution is -0.145. The summed E-state index contributed by atoms with van der Waals surface area (Å²) < 4.78 is 5.26. The van der Waals surface area contributed by atoms with E-state index in [-0.39, 0.29) is 30.6 Å². The Morgan fingerprint density at radius 1 is 1.10 bits per heavy atom. The first-order valence-corrected chi connectivity index (χ1v) is 14.4. The van der Waals surface area contributed by atoms with E-state index in [9.17, 15) is 14.4 Å². The number of hydrogen-bond donors (Lipinski definition) is 3. The van der Waals surface area contributed by atoms with Gasteiger partial charge in [-0.3, -0.25) is 19.3 Å². The molecule has 1 aliphatic heterocycles. The number of halogens is 1. The van der Waals surface area contributed by atoms with Gasteiger partial charge in [0.15, 0.2) is 5.13 Å². The number of benzene rings is 1. The molecule has 0 atom stereocenters. The average Bonchev–Trinajstić information content (AvgIpc) is 3.42. The number of thiazole rings is 1. The molecule has 0 unspecified atom stereocenters. The Labute approximate surface area is 247 Å². The Morgan fingerprint density at radius 2 is 1.88 bits per heavy atom. The number of anilines is 4. The van der Waals surface area contributed by atoms with E-state index in [2.05, 4.69) is 40.7 Å². The van der Waals surface area contributed by atoms with E-state index < -0.39 is 0 Å². The molecule has 0 spiro atoms. The lowest BCUT2D eigenvalue weighted by Crippen LogP contribution is -2.47. The second-order valence-electron chi connectivity index (χ2n) is 9.42. The van der Waals surface area contributed by atoms with Crippen molar-refractivity contribution in [2.45, 2.75) is 26.7 Å². The summed E-state index contributed by atoms with van der Waals surface area (Å²) in [5, 5.41) is 9.55. The first-order valence-electron chi connectivity index (χ1n) is 13.2. The zero-order valence-corrected chi connectivity index (χ0v) is 24.8. The topological polar surface area (TPSA) is 142 Å². The number of piperazine rings is 1. The SMILES string of the molecule is CNC(=O)CCC(=O)OCCN1CCN(c2cc(Nc3ncc(C(=O)Nc4c(C)cccc4Cl)s3)nc(C)n2)CC1. The van der Waals surface area contributed by atoms with Crippen molar-refractivity contribution in [3.63, 3.8) is 0 Å². The molecular weight excluding hydrogens is 568 g/mol. The third-order valence-electron chi connectivity index (χ3n) is 6.45. The Bertz CT molecular complexity index is 1370. The molecule has 0 radical (unpaired) electrons. The standard InChI is InChI=1S/C27H33ClN8O4S/c1-17-5-4-6-19(28)25(17)34-26(39)20-16-30-27(41-20)33-21-15-22(32-18(2)31-21)36-11-9-35(10-12-36)13-14-40-24(38)8-7-23(37)29-3/h4-6,15-16H,7-14H2,1-3H3,(H,29,37)(H,34,39)(H,30,31,32,33). The molecule has 4 rings (SSSR count). The maximum atomic E-state index is 12.8. The molecule has 1 aliphatic rings. The van der Waals surface area contributed by atoms with Gasteiger partial charge in [-0.25, -0.2) is 15.0 Å². The van der Waals surface area contributed by atoms with Crippen molar-refractivity contribution in [3.05, 3.63) is 51.7 Å².